The van der Waals surface area contributed by atoms with Crippen molar-refractivity contribution in [1.29, 1.82) is 0 Å². The standard InChI is InChI=1S/C16H21NO4/c1-10(2)13(9-14(18)19)17-16(20)15-12-6-4-3-5-11(12)7-8-21-15/h3-6,10,13,15H,7-9H2,1-2H3,(H,17,20)(H,18,19). The number of hydrogen-bond acceptors (Lipinski definition) is 3. The van der Waals surface area contributed by atoms with Crippen LogP contribution in [-0.4, -0.2) is 29.6 Å². The van der Waals surface area contributed by atoms with Gasteiger partial charge in [0.15, 0.2) is 6.10 Å². The lowest BCUT2D eigenvalue weighted by atomic mass is 9.95. The molecule has 0 radical (unpaired) electrons. The smallest absolute Gasteiger partial charge is 0.305 e. The van der Waals surface area contributed by atoms with E-state index in [1.54, 1.807) is 0 Å². The van der Waals surface area contributed by atoms with Gasteiger partial charge in [-0.15, -0.1) is 0 Å². The van der Waals surface area contributed by atoms with E-state index >= 15 is 0 Å². The molecule has 0 fully saturated rings. The van der Waals surface area contributed by atoms with Crippen molar-refractivity contribution in [2.45, 2.75) is 38.8 Å². The van der Waals surface area contributed by atoms with Crippen LogP contribution in [-0.2, 0) is 20.7 Å². The number of aliphatic carboxylic acids is 1. The van der Waals surface area contributed by atoms with Crippen molar-refractivity contribution in [3.63, 3.8) is 0 Å². The summed E-state index contributed by atoms with van der Waals surface area (Å²) >= 11 is 0. The summed E-state index contributed by atoms with van der Waals surface area (Å²) < 4.78 is 5.59. The molecule has 0 saturated carbocycles. The number of amides is 1. The summed E-state index contributed by atoms with van der Waals surface area (Å²) in [5.74, 6) is -1.13. The molecule has 1 aliphatic heterocycles. The fraction of sp³-hybridized carbons (Fsp3) is 0.500. The molecule has 0 bridgehead atoms. The molecule has 1 aromatic rings. The Morgan fingerprint density at radius 2 is 2.10 bits per heavy atom. The molecule has 1 heterocycles. The number of fused-ring (bicyclic) bond motifs is 1. The van der Waals surface area contributed by atoms with Gasteiger partial charge in [0.2, 0.25) is 0 Å². The molecule has 1 aliphatic rings. The fourth-order valence-corrected chi connectivity index (χ4v) is 2.51. The minimum absolute atomic E-state index is 0.0453. The number of carboxylic acids is 1. The minimum atomic E-state index is -0.918. The van der Waals surface area contributed by atoms with Crippen LogP contribution in [0.2, 0.25) is 0 Å². The van der Waals surface area contributed by atoms with E-state index in [2.05, 4.69) is 5.32 Å². The normalized spacial score (nSPS) is 18.9. The first-order chi connectivity index (χ1) is 9.99. The second kappa shape index (κ2) is 6.72. The van der Waals surface area contributed by atoms with E-state index < -0.39 is 18.1 Å². The van der Waals surface area contributed by atoms with Crippen LogP contribution in [0.15, 0.2) is 24.3 Å². The third-order valence-corrected chi connectivity index (χ3v) is 3.76. The summed E-state index contributed by atoms with van der Waals surface area (Å²) in [5, 5.41) is 11.7. The predicted molar refractivity (Wildman–Crippen MR) is 77.9 cm³/mol. The van der Waals surface area contributed by atoms with Crippen molar-refractivity contribution in [2.24, 2.45) is 5.92 Å². The Kier molecular flexibility index (Phi) is 4.96. The highest BCUT2D eigenvalue weighted by molar-refractivity contribution is 5.83. The number of carbonyl (C=O) groups is 2. The van der Waals surface area contributed by atoms with Gasteiger partial charge in [0.1, 0.15) is 0 Å². The maximum Gasteiger partial charge on any atom is 0.305 e. The molecule has 2 unspecified atom stereocenters. The van der Waals surface area contributed by atoms with Crippen LogP contribution in [0.1, 0.15) is 37.5 Å². The number of nitrogens with one attached hydrogen (secondary N) is 1. The van der Waals surface area contributed by atoms with Crippen LogP contribution in [0.4, 0.5) is 0 Å². The summed E-state index contributed by atoms with van der Waals surface area (Å²) in [4.78, 5) is 23.3. The Balaban J connectivity index is 2.11. The molecule has 21 heavy (non-hydrogen) atoms. The largest absolute Gasteiger partial charge is 0.481 e. The monoisotopic (exact) mass is 291 g/mol. The van der Waals surface area contributed by atoms with Gasteiger partial charge in [-0.05, 0) is 23.5 Å². The van der Waals surface area contributed by atoms with Gasteiger partial charge in [0.25, 0.3) is 5.91 Å². The van der Waals surface area contributed by atoms with Gasteiger partial charge < -0.3 is 15.2 Å². The number of carboxylic acid groups (broad SMARTS) is 1. The second-order valence-electron chi connectivity index (χ2n) is 5.66. The quantitative estimate of drug-likeness (QED) is 0.869. The first-order valence-electron chi connectivity index (χ1n) is 7.20. The van der Waals surface area contributed by atoms with E-state index in [9.17, 15) is 9.59 Å². The highest BCUT2D eigenvalue weighted by Gasteiger charge is 2.29. The van der Waals surface area contributed by atoms with Gasteiger partial charge in [-0.2, -0.15) is 0 Å². The first-order valence-corrected chi connectivity index (χ1v) is 7.20. The van der Waals surface area contributed by atoms with Crippen LogP contribution in [0.5, 0.6) is 0 Å². The Bertz CT molecular complexity index is 527. The van der Waals surface area contributed by atoms with Gasteiger partial charge in [-0.1, -0.05) is 38.1 Å². The third-order valence-electron chi connectivity index (χ3n) is 3.76. The number of hydrogen-bond donors (Lipinski definition) is 2. The molecule has 0 spiro atoms. The molecule has 0 saturated heterocycles. The van der Waals surface area contributed by atoms with Gasteiger partial charge in [0.05, 0.1) is 13.0 Å². The van der Waals surface area contributed by atoms with Crippen LogP contribution in [0.25, 0.3) is 0 Å². The number of carbonyl (C=O) groups excluding carboxylic acids is 1. The zero-order chi connectivity index (χ0) is 15.4. The van der Waals surface area contributed by atoms with E-state index in [4.69, 9.17) is 9.84 Å². The molecular formula is C16H21NO4. The molecule has 0 aliphatic carbocycles. The number of rotatable bonds is 5. The molecule has 1 amide bonds. The highest BCUT2D eigenvalue weighted by atomic mass is 16.5. The topological polar surface area (TPSA) is 75.6 Å². The van der Waals surface area contributed by atoms with Gasteiger partial charge in [0, 0.05) is 6.04 Å². The van der Waals surface area contributed by atoms with Crippen LogP contribution in [0, 0.1) is 5.92 Å². The summed E-state index contributed by atoms with van der Waals surface area (Å²) in [6.07, 6.45) is 0.0606. The summed E-state index contributed by atoms with van der Waals surface area (Å²) in [5.41, 5.74) is 1.99. The highest BCUT2D eigenvalue weighted by Crippen LogP contribution is 2.27. The Hall–Kier alpha value is -1.88. The SMILES string of the molecule is CC(C)C(CC(=O)O)NC(=O)C1OCCc2ccccc21. The molecular weight excluding hydrogens is 270 g/mol. The minimum Gasteiger partial charge on any atom is -0.481 e. The maximum atomic E-state index is 12.4. The molecule has 2 rings (SSSR count). The third kappa shape index (κ3) is 3.82. The van der Waals surface area contributed by atoms with E-state index in [0.717, 1.165) is 17.5 Å². The van der Waals surface area contributed by atoms with Crippen molar-refractivity contribution in [1.82, 2.24) is 5.32 Å². The second-order valence-corrected chi connectivity index (χ2v) is 5.66. The Labute approximate surface area is 124 Å². The lowest BCUT2D eigenvalue weighted by Crippen LogP contribution is -2.43. The van der Waals surface area contributed by atoms with Crippen LogP contribution < -0.4 is 5.32 Å². The van der Waals surface area contributed by atoms with Crippen LogP contribution >= 0.6 is 0 Å². The summed E-state index contributed by atoms with van der Waals surface area (Å²) in [6, 6.07) is 7.31. The number of benzene rings is 1. The molecule has 0 aromatic heterocycles. The lowest BCUT2D eigenvalue weighted by molar-refractivity contribution is -0.139. The van der Waals surface area contributed by atoms with E-state index in [-0.39, 0.29) is 18.2 Å². The van der Waals surface area contributed by atoms with Crippen molar-refractivity contribution in [3.05, 3.63) is 35.4 Å². The molecule has 5 nitrogen and oxygen atoms in total. The zero-order valence-electron chi connectivity index (χ0n) is 12.3. The average Bonchev–Trinajstić information content (AvgIpc) is 2.45. The average molecular weight is 291 g/mol. The summed E-state index contributed by atoms with van der Waals surface area (Å²) in [6.45, 7) is 4.29. The van der Waals surface area contributed by atoms with E-state index in [1.165, 1.54) is 0 Å². The number of ether oxygens (including phenoxy) is 1. The predicted octanol–water partition coefficient (Wildman–Crippen LogP) is 1.92. The molecule has 5 heteroatoms. The van der Waals surface area contributed by atoms with E-state index in [1.807, 2.05) is 38.1 Å². The van der Waals surface area contributed by atoms with Gasteiger partial charge in [-0.25, -0.2) is 0 Å². The summed E-state index contributed by atoms with van der Waals surface area (Å²) in [7, 11) is 0. The Morgan fingerprint density at radius 1 is 1.38 bits per heavy atom. The fourth-order valence-electron chi connectivity index (χ4n) is 2.51. The van der Waals surface area contributed by atoms with Gasteiger partial charge in [-0.3, -0.25) is 9.59 Å². The molecule has 114 valence electrons. The molecule has 2 N–H and O–H groups in total. The van der Waals surface area contributed by atoms with Crippen LogP contribution in [0.3, 0.4) is 0 Å². The van der Waals surface area contributed by atoms with Crippen molar-refractivity contribution >= 4 is 11.9 Å². The van der Waals surface area contributed by atoms with Crippen molar-refractivity contribution in [3.8, 4) is 0 Å². The maximum absolute atomic E-state index is 12.4. The zero-order valence-corrected chi connectivity index (χ0v) is 12.3. The van der Waals surface area contributed by atoms with E-state index in [0.29, 0.717) is 6.61 Å². The lowest BCUT2D eigenvalue weighted by Gasteiger charge is -2.28. The van der Waals surface area contributed by atoms with Crippen molar-refractivity contribution < 1.29 is 19.4 Å². The van der Waals surface area contributed by atoms with Gasteiger partial charge >= 0.3 is 5.97 Å². The van der Waals surface area contributed by atoms with Crippen molar-refractivity contribution in [2.75, 3.05) is 6.61 Å². The molecule has 2 atom stereocenters. The first kappa shape index (κ1) is 15.5. The molecule has 1 aromatic carbocycles. The Morgan fingerprint density at radius 3 is 2.76 bits per heavy atom.